The first-order valence-electron chi connectivity index (χ1n) is 11.8. The zero-order valence-corrected chi connectivity index (χ0v) is 21.5. The Morgan fingerprint density at radius 3 is 2.05 bits per heavy atom. The summed E-state index contributed by atoms with van der Waals surface area (Å²) in [4.78, 5) is 33.5. The monoisotopic (exact) mass is 559 g/mol. The lowest BCUT2D eigenvalue weighted by molar-refractivity contribution is -0.269. The van der Waals surface area contributed by atoms with Gasteiger partial charge in [-0.3, -0.25) is 14.2 Å². The van der Waals surface area contributed by atoms with Gasteiger partial charge >= 0.3 is 7.60 Å². The Morgan fingerprint density at radius 2 is 1.49 bits per heavy atom. The molecule has 0 aromatic heterocycles. The summed E-state index contributed by atoms with van der Waals surface area (Å²) in [5.74, 6) is -1.13. The Balaban J connectivity index is 2.10. The molecular weight excluding hydrogens is 521 g/mol. The highest BCUT2D eigenvalue weighted by Gasteiger charge is 2.49. The van der Waals surface area contributed by atoms with Crippen LogP contribution in [-0.2, 0) is 32.9 Å². The Labute approximate surface area is 213 Å². The minimum Gasteiger partial charge on any atom is -0.394 e. The van der Waals surface area contributed by atoms with Crippen LogP contribution in [0.3, 0.4) is 0 Å². The van der Waals surface area contributed by atoms with Crippen molar-refractivity contribution in [2.45, 2.75) is 81.4 Å². The van der Waals surface area contributed by atoms with Crippen molar-refractivity contribution in [3.63, 3.8) is 0 Å². The zero-order valence-electron chi connectivity index (χ0n) is 20.6. The molecule has 0 aromatic rings. The van der Waals surface area contributed by atoms with Gasteiger partial charge in [-0.15, -0.1) is 0 Å². The molecule has 1 unspecified atom stereocenters. The summed E-state index contributed by atoms with van der Waals surface area (Å²) in [7, 11) is -4.57. The zero-order chi connectivity index (χ0) is 27.9. The second-order valence-corrected chi connectivity index (χ2v) is 10.9. The van der Waals surface area contributed by atoms with E-state index in [0.717, 1.165) is 6.92 Å². The number of aliphatic hydroxyl groups is 5. The van der Waals surface area contributed by atoms with Crippen LogP contribution in [-0.4, -0.2) is 136 Å². The third-order valence-corrected chi connectivity index (χ3v) is 7.33. The molecule has 2 fully saturated rings. The molecule has 37 heavy (non-hydrogen) atoms. The van der Waals surface area contributed by atoms with Gasteiger partial charge in [0, 0.05) is 13.8 Å². The van der Waals surface area contributed by atoms with Crippen molar-refractivity contribution in [2.24, 2.45) is 5.73 Å². The largest absolute Gasteiger partial charge is 0.394 e. The molecule has 0 saturated carbocycles. The van der Waals surface area contributed by atoms with E-state index in [1.165, 1.54) is 6.92 Å². The maximum absolute atomic E-state index is 12.9. The second-order valence-electron chi connectivity index (χ2n) is 8.98. The van der Waals surface area contributed by atoms with E-state index in [1.54, 1.807) is 0 Å². The van der Waals surface area contributed by atoms with E-state index >= 15 is 0 Å². The maximum Gasteiger partial charge on any atom is 0.330 e. The standard InChI is InChI=1S/C20H38N3O13P/c1-9(25)22-14-13(35-11(6-24)16(27)18(14)29)8-37(31,32)34-7-12-17(28)19(30)15(23-10(2)26)20(36-12)33-5-3-4-21/h11-20,24,27-30H,3-8,21H2,1-2H3,(H,22,25)(H,23,26)(H,31,32)/t11-,12-,13-,14-,15+,16-,17-,18-,19-,20-/m1/s1. The predicted octanol–water partition coefficient (Wildman–Crippen LogP) is -4.51. The first-order valence-corrected chi connectivity index (χ1v) is 13.5. The highest BCUT2D eigenvalue weighted by atomic mass is 31.2. The van der Waals surface area contributed by atoms with E-state index in [0.29, 0.717) is 13.0 Å². The molecule has 16 nitrogen and oxygen atoms in total. The summed E-state index contributed by atoms with van der Waals surface area (Å²) >= 11 is 0. The van der Waals surface area contributed by atoms with Crippen LogP contribution < -0.4 is 16.4 Å². The van der Waals surface area contributed by atoms with Crippen LogP contribution in [0.5, 0.6) is 0 Å². The number of nitrogens with one attached hydrogen (secondary N) is 2. The molecule has 2 rings (SSSR count). The van der Waals surface area contributed by atoms with Gasteiger partial charge in [0.2, 0.25) is 11.8 Å². The van der Waals surface area contributed by atoms with Gasteiger partial charge < -0.3 is 65.5 Å². The van der Waals surface area contributed by atoms with Crippen molar-refractivity contribution >= 4 is 19.4 Å². The van der Waals surface area contributed by atoms with Gasteiger partial charge in [0.25, 0.3) is 0 Å². The molecular formula is C20H38N3O13P. The van der Waals surface area contributed by atoms with E-state index in [1.807, 2.05) is 0 Å². The van der Waals surface area contributed by atoms with Crippen LogP contribution in [0.15, 0.2) is 0 Å². The highest BCUT2D eigenvalue weighted by Crippen LogP contribution is 2.45. The van der Waals surface area contributed by atoms with Gasteiger partial charge in [0.05, 0.1) is 38.1 Å². The second kappa shape index (κ2) is 14.2. The third kappa shape index (κ3) is 8.88. The van der Waals surface area contributed by atoms with Gasteiger partial charge in [-0.1, -0.05) is 0 Å². The van der Waals surface area contributed by atoms with E-state index in [2.05, 4.69) is 10.6 Å². The van der Waals surface area contributed by atoms with Crippen molar-refractivity contribution in [1.82, 2.24) is 10.6 Å². The van der Waals surface area contributed by atoms with Gasteiger partial charge in [-0.05, 0) is 13.0 Å². The molecule has 216 valence electrons. The lowest BCUT2D eigenvalue weighted by Gasteiger charge is -2.43. The smallest absolute Gasteiger partial charge is 0.330 e. The van der Waals surface area contributed by atoms with Crippen LogP contribution in [0.25, 0.3) is 0 Å². The minimum atomic E-state index is -4.57. The Hall–Kier alpha value is -1.27. The van der Waals surface area contributed by atoms with Gasteiger partial charge in [0.1, 0.15) is 42.7 Å². The van der Waals surface area contributed by atoms with Crippen LogP contribution >= 0.6 is 7.60 Å². The van der Waals surface area contributed by atoms with Crippen molar-refractivity contribution in [2.75, 3.05) is 32.5 Å². The number of aliphatic hydroxyl groups excluding tert-OH is 5. The van der Waals surface area contributed by atoms with Crippen LogP contribution in [0.2, 0.25) is 0 Å². The molecule has 0 radical (unpaired) electrons. The fraction of sp³-hybridized carbons (Fsp3) is 0.900. The molecule has 2 heterocycles. The van der Waals surface area contributed by atoms with E-state index in [9.17, 15) is 44.6 Å². The number of carbonyl (C=O) groups is 2. The normalized spacial score (nSPS) is 38.0. The topological polar surface area (TPSA) is 260 Å². The van der Waals surface area contributed by atoms with Crippen LogP contribution in [0, 0.1) is 0 Å². The van der Waals surface area contributed by atoms with Crippen LogP contribution in [0.1, 0.15) is 20.3 Å². The lowest BCUT2D eigenvalue weighted by Crippen LogP contribution is -2.65. The molecule has 0 spiro atoms. The first-order chi connectivity index (χ1) is 17.3. The van der Waals surface area contributed by atoms with Crippen LogP contribution in [0.4, 0.5) is 0 Å². The van der Waals surface area contributed by atoms with Crippen molar-refractivity contribution in [1.29, 1.82) is 0 Å². The number of carbonyl (C=O) groups excluding carboxylic acids is 2. The minimum absolute atomic E-state index is 0.107. The molecule has 2 saturated heterocycles. The molecule has 10 N–H and O–H groups in total. The molecule has 0 aliphatic carbocycles. The number of hydrogen-bond acceptors (Lipinski definition) is 13. The number of hydrogen-bond donors (Lipinski definition) is 9. The predicted molar refractivity (Wildman–Crippen MR) is 124 cm³/mol. The molecule has 0 aromatic carbocycles. The molecule has 2 aliphatic heterocycles. The third-order valence-electron chi connectivity index (χ3n) is 5.95. The summed E-state index contributed by atoms with van der Waals surface area (Å²) in [6, 6.07) is -2.43. The van der Waals surface area contributed by atoms with Gasteiger partial charge in [-0.2, -0.15) is 0 Å². The average molecular weight is 560 g/mol. The summed E-state index contributed by atoms with van der Waals surface area (Å²) in [6.45, 7) is 1.34. The lowest BCUT2D eigenvalue weighted by atomic mass is 9.93. The van der Waals surface area contributed by atoms with E-state index < -0.39 is 99.9 Å². The van der Waals surface area contributed by atoms with Gasteiger partial charge in [0.15, 0.2) is 6.29 Å². The number of amides is 2. The fourth-order valence-corrected chi connectivity index (χ4v) is 5.37. The van der Waals surface area contributed by atoms with Gasteiger partial charge in [-0.25, -0.2) is 0 Å². The van der Waals surface area contributed by atoms with Crippen molar-refractivity contribution < 1.29 is 63.3 Å². The SMILES string of the molecule is CC(=O)N[C@@H]1[C@H](OCCCN)O[C@H](COP(=O)(O)C[C@H]2O[C@H](CO)[C@@H](O)[C@H](O)[C@@H]2NC(C)=O)[C@@H](O)[C@@H]1O. The molecule has 11 atom stereocenters. The molecule has 2 amide bonds. The quantitative estimate of drug-likeness (QED) is 0.0806. The van der Waals surface area contributed by atoms with Crippen molar-refractivity contribution in [3.8, 4) is 0 Å². The number of nitrogens with two attached hydrogens (primary N) is 1. The van der Waals surface area contributed by atoms with Crippen molar-refractivity contribution in [3.05, 3.63) is 0 Å². The Bertz CT molecular complexity index is 807. The van der Waals surface area contributed by atoms with E-state index in [4.69, 9.17) is 24.5 Å². The Morgan fingerprint density at radius 1 is 0.919 bits per heavy atom. The number of rotatable bonds is 12. The Kier molecular flexibility index (Phi) is 12.3. The maximum atomic E-state index is 12.9. The number of ether oxygens (including phenoxy) is 3. The first kappa shape index (κ1) is 31.9. The summed E-state index contributed by atoms with van der Waals surface area (Å²) in [5.41, 5.74) is 5.44. The average Bonchev–Trinajstić information content (AvgIpc) is 2.81. The summed E-state index contributed by atoms with van der Waals surface area (Å²) in [6.07, 6.45) is -11.9. The molecule has 0 bridgehead atoms. The highest BCUT2D eigenvalue weighted by molar-refractivity contribution is 7.52. The molecule has 2 aliphatic rings. The molecule has 17 heteroatoms. The van der Waals surface area contributed by atoms with E-state index in [-0.39, 0.29) is 6.61 Å². The summed E-state index contributed by atoms with van der Waals surface area (Å²) < 4.78 is 34.6. The fourth-order valence-electron chi connectivity index (χ4n) is 4.12. The summed E-state index contributed by atoms with van der Waals surface area (Å²) in [5, 5.41) is 55.6.